The van der Waals surface area contributed by atoms with Crippen LogP contribution in [0.15, 0.2) is 18.2 Å². The largest absolute Gasteiger partial charge is 0.392 e. The molecule has 0 heterocycles. The van der Waals surface area contributed by atoms with Crippen LogP contribution in [0, 0.1) is 17.7 Å². The van der Waals surface area contributed by atoms with E-state index in [9.17, 15) is 9.50 Å². The second-order valence-electron chi connectivity index (χ2n) is 5.07. The molecule has 0 aliphatic rings. The van der Waals surface area contributed by atoms with Crippen LogP contribution in [-0.2, 0) is 0 Å². The summed E-state index contributed by atoms with van der Waals surface area (Å²) < 4.78 is 13.9. The Morgan fingerprint density at radius 2 is 1.94 bits per heavy atom. The Kier molecular flexibility index (Phi) is 5.57. The van der Waals surface area contributed by atoms with Gasteiger partial charge in [-0.1, -0.05) is 38.4 Å². The summed E-state index contributed by atoms with van der Waals surface area (Å²) in [7, 11) is 0. The number of rotatable bonds is 5. The molecule has 1 aromatic carbocycles. The maximum absolute atomic E-state index is 13.9. The predicted molar refractivity (Wildman–Crippen MR) is 73.2 cm³/mol. The number of benzene rings is 1. The van der Waals surface area contributed by atoms with Crippen molar-refractivity contribution in [2.24, 2.45) is 17.6 Å². The van der Waals surface area contributed by atoms with Crippen molar-refractivity contribution in [3.8, 4) is 0 Å². The molecular weight excluding hydrogens is 253 g/mol. The van der Waals surface area contributed by atoms with Crippen molar-refractivity contribution in [2.45, 2.75) is 32.8 Å². The van der Waals surface area contributed by atoms with Crippen molar-refractivity contribution in [3.63, 3.8) is 0 Å². The second kappa shape index (κ2) is 6.50. The minimum absolute atomic E-state index is 0.0224. The van der Waals surface area contributed by atoms with Crippen LogP contribution in [0.5, 0.6) is 0 Å². The van der Waals surface area contributed by atoms with Gasteiger partial charge in [-0.15, -0.1) is 0 Å². The van der Waals surface area contributed by atoms with E-state index in [-0.39, 0.29) is 12.5 Å². The van der Waals surface area contributed by atoms with Crippen molar-refractivity contribution in [2.75, 3.05) is 6.54 Å². The quantitative estimate of drug-likeness (QED) is 0.866. The highest BCUT2D eigenvalue weighted by Crippen LogP contribution is 2.33. The van der Waals surface area contributed by atoms with Crippen molar-refractivity contribution >= 4 is 11.6 Å². The zero-order valence-corrected chi connectivity index (χ0v) is 11.8. The molecular formula is C14H21ClFNO. The molecule has 2 nitrogen and oxygen atoms in total. The van der Waals surface area contributed by atoms with Crippen LogP contribution < -0.4 is 5.73 Å². The van der Waals surface area contributed by atoms with Crippen molar-refractivity contribution in [1.82, 2.24) is 0 Å². The maximum atomic E-state index is 13.9. The molecule has 18 heavy (non-hydrogen) atoms. The summed E-state index contributed by atoms with van der Waals surface area (Å²) in [6.07, 6.45) is -0.704. The summed E-state index contributed by atoms with van der Waals surface area (Å²) in [6, 6.07) is 4.51. The fourth-order valence-electron chi connectivity index (χ4n) is 2.05. The molecule has 0 saturated heterocycles. The van der Waals surface area contributed by atoms with E-state index in [0.29, 0.717) is 16.5 Å². The summed E-state index contributed by atoms with van der Waals surface area (Å²) in [5.41, 5.74) is 6.02. The number of halogens is 2. The molecule has 0 bridgehead atoms. The molecule has 0 saturated carbocycles. The Bertz CT molecular complexity index is 377. The Balaban J connectivity index is 3.10. The highest BCUT2D eigenvalue weighted by Gasteiger charge is 2.30. The van der Waals surface area contributed by atoms with Crippen LogP contribution in [0.3, 0.4) is 0 Å². The third kappa shape index (κ3) is 3.22. The molecule has 3 atom stereocenters. The predicted octanol–water partition coefficient (Wildman–Crippen LogP) is 3.17. The standard InChI is InChI=1S/C14H21ClFNO/c1-8(2)9(3)14(18)10(7-17)13-11(15)5-4-6-12(13)16/h4-6,8-10,14,18H,7,17H2,1-3H3. The molecule has 0 amide bonds. The smallest absolute Gasteiger partial charge is 0.128 e. The van der Waals surface area contributed by atoms with E-state index in [4.69, 9.17) is 17.3 Å². The molecule has 1 rings (SSSR count). The molecule has 102 valence electrons. The molecule has 3 N–H and O–H groups in total. The molecule has 0 radical (unpaired) electrons. The zero-order valence-electron chi connectivity index (χ0n) is 11.0. The first-order valence-electron chi connectivity index (χ1n) is 6.22. The molecule has 4 heteroatoms. The van der Waals surface area contributed by atoms with Crippen LogP contribution in [0.25, 0.3) is 0 Å². The van der Waals surface area contributed by atoms with Crippen LogP contribution in [0.1, 0.15) is 32.3 Å². The van der Waals surface area contributed by atoms with E-state index < -0.39 is 17.8 Å². The minimum Gasteiger partial charge on any atom is -0.392 e. The molecule has 3 unspecified atom stereocenters. The average Bonchev–Trinajstić information content (AvgIpc) is 2.32. The SMILES string of the molecule is CC(C)C(C)C(O)C(CN)c1c(F)cccc1Cl. The van der Waals surface area contributed by atoms with Crippen LogP contribution in [-0.4, -0.2) is 17.8 Å². The zero-order chi connectivity index (χ0) is 13.9. The van der Waals surface area contributed by atoms with Gasteiger partial charge in [0, 0.05) is 23.0 Å². The number of aliphatic hydroxyl groups excluding tert-OH is 1. The normalized spacial score (nSPS) is 16.7. The van der Waals surface area contributed by atoms with Gasteiger partial charge in [0.2, 0.25) is 0 Å². The number of hydrogen-bond acceptors (Lipinski definition) is 2. The summed E-state index contributed by atoms with van der Waals surface area (Å²) in [5, 5.41) is 10.7. The summed E-state index contributed by atoms with van der Waals surface area (Å²) in [6.45, 7) is 6.14. The molecule has 0 spiro atoms. The van der Waals surface area contributed by atoms with Crippen molar-refractivity contribution < 1.29 is 9.50 Å². The molecule has 0 fully saturated rings. The van der Waals surface area contributed by atoms with Gasteiger partial charge in [-0.2, -0.15) is 0 Å². The van der Waals surface area contributed by atoms with Gasteiger partial charge in [-0.25, -0.2) is 4.39 Å². The van der Waals surface area contributed by atoms with Gasteiger partial charge in [0.1, 0.15) is 5.82 Å². The van der Waals surface area contributed by atoms with Gasteiger partial charge in [0.15, 0.2) is 0 Å². The fourth-order valence-corrected chi connectivity index (χ4v) is 2.36. The maximum Gasteiger partial charge on any atom is 0.128 e. The van der Waals surface area contributed by atoms with Crippen molar-refractivity contribution in [1.29, 1.82) is 0 Å². The van der Waals surface area contributed by atoms with Gasteiger partial charge >= 0.3 is 0 Å². The summed E-state index contributed by atoms with van der Waals surface area (Å²) in [5.74, 6) is -0.571. The first kappa shape index (κ1) is 15.4. The van der Waals surface area contributed by atoms with E-state index in [0.717, 1.165) is 0 Å². The lowest BCUT2D eigenvalue weighted by Crippen LogP contribution is -2.34. The van der Waals surface area contributed by atoms with E-state index >= 15 is 0 Å². The van der Waals surface area contributed by atoms with E-state index in [1.54, 1.807) is 12.1 Å². The molecule has 0 aliphatic heterocycles. The van der Waals surface area contributed by atoms with Crippen LogP contribution in [0.2, 0.25) is 5.02 Å². The lowest BCUT2D eigenvalue weighted by molar-refractivity contribution is 0.0674. The van der Waals surface area contributed by atoms with E-state index in [2.05, 4.69) is 0 Å². The highest BCUT2D eigenvalue weighted by atomic mass is 35.5. The Labute approximate surface area is 113 Å². The van der Waals surface area contributed by atoms with Crippen molar-refractivity contribution in [3.05, 3.63) is 34.6 Å². The van der Waals surface area contributed by atoms with Gasteiger partial charge in [-0.3, -0.25) is 0 Å². The van der Waals surface area contributed by atoms with Gasteiger partial charge in [0.25, 0.3) is 0 Å². The number of nitrogens with two attached hydrogens (primary N) is 1. The highest BCUT2D eigenvalue weighted by molar-refractivity contribution is 6.31. The van der Waals surface area contributed by atoms with Crippen LogP contribution >= 0.6 is 11.6 Å². The molecule has 0 aromatic heterocycles. The first-order valence-corrected chi connectivity index (χ1v) is 6.60. The Morgan fingerprint density at radius 3 is 2.39 bits per heavy atom. The lowest BCUT2D eigenvalue weighted by Gasteiger charge is -2.30. The molecule has 1 aromatic rings. The van der Waals surface area contributed by atoms with E-state index in [1.165, 1.54) is 6.07 Å². The average molecular weight is 274 g/mol. The van der Waals surface area contributed by atoms with E-state index in [1.807, 2.05) is 20.8 Å². The summed E-state index contributed by atoms with van der Waals surface area (Å²) in [4.78, 5) is 0. The minimum atomic E-state index is -0.704. The molecule has 0 aliphatic carbocycles. The lowest BCUT2D eigenvalue weighted by atomic mass is 9.81. The van der Waals surface area contributed by atoms with Crippen LogP contribution in [0.4, 0.5) is 4.39 Å². The topological polar surface area (TPSA) is 46.2 Å². The summed E-state index contributed by atoms with van der Waals surface area (Å²) >= 11 is 6.02. The van der Waals surface area contributed by atoms with Gasteiger partial charge in [0.05, 0.1) is 6.10 Å². The fraction of sp³-hybridized carbons (Fsp3) is 0.571. The Hall–Kier alpha value is -0.640. The third-order valence-electron chi connectivity index (χ3n) is 3.63. The third-order valence-corrected chi connectivity index (χ3v) is 3.96. The van der Waals surface area contributed by atoms with Gasteiger partial charge < -0.3 is 10.8 Å². The second-order valence-corrected chi connectivity index (χ2v) is 5.48. The number of aliphatic hydroxyl groups is 1. The number of hydrogen-bond donors (Lipinski definition) is 2. The first-order chi connectivity index (χ1) is 8.40. The monoisotopic (exact) mass is 273 g/mol. The Morgan fingerprint density at radius 1 is 1.33 bits per heavy atom. The van der Waals surface area contributed by atoms with Gasteiger partial charge in [-0.05, 0) is 24.0 Å².